The topological polar surface area (TPSA) is 46.2 Å². The molecule has 0 aliphatic carbocycles. The van der Waals surface area contributed by atoms with E-state index in [1.165, 1.54) is 11.3 Å². The lowest BCUT2D eigenvalue weighted by molar-refractivity contribution is 0.567. The smallest absolute Gasteiger partial charge is 0.207 e. The number of aryl methyl sites for hydroxylation is 1. The Balaban J connectivity index is 2.24. The van der Waals surface area contributed by atoms with Gasteiger partial charge in [-0.25, -0.2) is 13.1 Å². The zero-order valence-corrected chi connectivity index (χ0v) is 14.8. The minimum Gasteiger partial charge on any atom is -0.207 e. The van der Waals surface area contributed by atoms with Crippen LogP contribution in [0.25, 0.3) is 0 Å². The summed E-state index contributed by atoms with van der Waals surface area (Å²) in [6.07, 6.45) is 0. The van der Waals surface area contributed by atoms with Gasteiger partial charge in [-0.2, -0.15) is 0 Å². The number of halogens is 2. The molecular formula is C13H13BrClNO2S2. The van der Waals surface area contributed by atoms with Crippen LogP contribution in [0.3, 0.4) is 0 Å². The summed E-state index contributed by atoms with van der Waals surface area (Å²) in [5.41, 5.74) is 0.866. The molecular weight excluding hydrogens is 382 g/mol. The average Bonchev–Trinajstić information content (AvgIpc) is 2.69. The van der Waals surface area contributed by atoms with E-state index in [2.05, 4.69) is 20.7 Å². The summed E-state index contributed by atoms with van der Waals surface area (Å²) < 4.78 is 28.2. The lowest BCUT2D eigenvalue weighted by Crippen LogP contribution is -2.27. The second kappa shape index (κ2) is 6.15. The molecule has 2 rings (SSSR count). The van der Waals surface area contributed by atoms with E-state index in [1.807, 2.05) is 12.1 Å². The first-order valence-corrected chi connectivity index (χ1v) is 9.30. The number of benzene rings is 1. The number of nitrogens with one attached hydrogen (secondary N) is 1. The van der Waals surface area contributed by atoms with Crippen LogP contribution in [-0.4, -0.2) is 8.42 Å². The molecule has 1 aromatic carbocycles. The van der Waals surface area contributed by atoms with E-state index in [0.717, 1.165) is 14.2 Å². The number of rotatable bonds is 4. The maximum absolute atomic E-state index is 12.4. The third kappa shape index (κ3) is 3.62. The lowest BCUT2D eigenvalue weighted by atomic mass is 10.1. The van der Waals surface area contributed by atoms with Gasteiger partial charge in [0, 0.05) is 15.9 Å². The second-order valence-corrected chi connectivity index (χ2v) is 9.12. The summed E-state index contributed by atoms with van der Waals surface area (Å²) in [6, 6.07) is 8.41. The molecule has 0 bridgehead atoms. The largest absolute Gasteiger partial charge is 0.242 e. The van der Waals surface area contributed by atoms with Gasteiger partial charge < -0.3 is 0 Å². The molecule has 0 aliphatic heterocycles. The first-order chi connectivity index (χ1) is 9.29. The molecule has 3 nitrogen and oxygen atoms in total. The molecule has 7 heteroatoms. The Hall–Kier alpha value is -0.400. The maximum Gasteiger partial charge on any atom is 0.242 e. The zero-order chi connectivity index (χ0) is 14.9. The summed E-state index contributed by atoms with van der Waals surface area (Å²) in [5, 5.41) is 0.626. The van der Waals surface area contributed by atoms with Gasteiger partial charge in [-0.15, -0.1) is 11.3 Å². The van der Waals surface area contributed by atoms with Crippen molar-refractivity contribution in [2.45, 2.75) is 24.8 Å². The van der Waals surface area contributed by atoms with E-state index in [1.54, 1.807) is 32.0 Å². The lowest BCUT2D eigenvalue weighted by Gasteiger charge is -2.14. The fraction of sp³-hybridized carbons (Fsp3) is 0.231. The maximum atomic E-state index is 12.4. The molecule has 0 amide bonds. The SMILES string of the molecule is Cc1sc(Br)cc1S(=O)(=O)NC(C)c1ccc(Cl)cc1. The molecule has 20 heavy (non-hydrogen) atoms. The summed E-state index contributed by atoms with van der Waals surface area (Å²) in [4.78, 5) is 1.07. The number of sulfonamides is 1. The third-order valence-electron chi connectivity index (χ3n) is 2.83. The van der Waals surface area contributed by atoms with Gasteiger partial charge in [0.25, 0.3) is 0 Å². The van der Waals surface area contributed by atoms with E-state index < -0.39 is 10.0 Å². The molecule has 1 heterocycles. The van der Waals surface area contributed by atoms with Crippen LogP contribution < -0.4 is 4.72 Å². The van der Waals surface area contributed by atoms with Crippen molar-refractivity contribution < 1.29 is 8.42 Å². The predicted molar refractivity (Wildman–Crippen MR) is 86.9 cm³/mol. The Bertz CT molecular complexity index is 710. The Labute approximate surface area is 136 Å². The van der Waals surface area contributed by atoms with Crippen molar-refractivity contribution >= 4 is 48.9 Å². The fourth-order valence-electron chi connectivity index (χ4n) is 1.81. The molecule has 2 aromatic rings. The van der Waals surface area contributed by atoms with Crippen LogP contribution in [0.2, 0.25) is 5.02 Å². The Morgan fingerprint density at radius 1 is 1.30 bits per heavy atom. The van der Waals surface area contributed by atoms with Gasteiger partial charge in [-0.05, 0) is 53.5 Å². The molecule has 0 aliphatic rings. The first kappa shape index (κ1) is 16.0. The van der Waals surface area contributed by atoms with Crippen LogP contribution in [0.4, 0.5) is 0 Å². The van der Waals surface area contributed by atoms with E-state index in [0.29, 0.717) is 9.92 Å². The van der Waals surface area contributed by atoms with Crippen molar-refractivity contribution in [2.24, 2.45) is 0 Å². The molecule has 0 fully saturated rings. The highest BCUT2D eigenvalue weighted by Crippen LogP contribution is 2.30. The van der Waals surface area contributed by atoms with E-state index >= 15 is 0 Å². The van der Waals surface area contributed by atoms with Crippen LogP contribution in [-0.2, 0) is 10.0 Å². The van der Waals surface area contributed by atoms with Gasteiger partial charge >= 0.3 is 0 Å². The molecule has 1 aromatic heterocycles. The zero-order valence-electron chi connectivity index (χ0n) is 10.9. The van der Waals surface area contributed by atoms with Crippen LogP contribution in [0.1, 0.15) is 23.4 Å². The Kier molecular flexibility index (Phi) is 4.92. The molecule has 0 saturated heterocycles. The molecule has 1 atom stereocenters. The highest BCUT2D eigenvalue weighted by atomic mass is 79.9. The first-order valence-electron chi connectivity index (χ1n) is 5.83. The highest BCUT2D eigenvalue weighted by Gasteiger charge is 2.22. The van der Waals surface area contributed by atoms with Gasteiger partial charge in [0.15, 0.2) is 0 Å². The van der Waals surface area contributed by atoms with Crippen molar-refractivity contribution in [3.63, 3.8) is 0 Å². The van der Waals surface area contributed by atoms with Crippen molar-refractivity contribution in [1.82, 2.24) is 4.72 Å². The van der Waals surface area contributed by atoms with Crippen molar-refractivity contribution in [1.29, 1.82) is 0 Å². The van der Waals surface area contributed by atoms with Crippen molar-refractivity contribution in [2.75, 3.05) is 0 Å². The van der Waals surface area contributed by atoms with E-state index in [9.17, 15) is 8.42 Å². The number of thiophene rings is 1. The van der Waals surface area contributed by atoms with E-state index in [4.69, 9.17) is 11.6 Å². The van der Waals surface area contributed by atoms with Crippen molar-refractivity contribution in [3.8, 4) is 0 Å². The van der Waals surface area contributed by atoms with Gasteiger partial charge in [0.05, 0.1) is 8.68 Å². The monoisotopic (exact) mass is 393 g/mol. The minimum absolute atomic E-state index is 0.315. The Morgan fingerprint density at radius 3 is 2.40 bits per heavy atom. The summed E-state index contributed by atoms with van der Waals surface area (Å²) in [6.45, 7) is 3.59. The average molecular weight is 395 g/mol. The molecule has 0 radical (unpaired) electrons. The normalized spacial score (nSPS) is 13.4. The number of hydrogen-bond donors (Lipinski definition) is 1. The van der Waals surface area contributed by atoms with Gasteiger partial charge in [0.2, 0.25) is 10.0 Å². The highest BCUT2D eigenvalue weighted by molar-refractivity contribution is 9.11. The second-order valence-electron chi connectivity index (χ2n) is 4.37. The van der Waals surface area contributed by atoms with Crippen LogP contribution >= 0.6 is 38.9 Å². The number of hydrogen-bond acceptors (Lipinski definition) is 3. The molecule has 1 unspecified atom stereocenters. The van der Waals surface area contributed by atoms with E-state index in [-0.39, 0.29) is 6.04 Å². The Morgan fingerprint density at radius 2 is 1.90 bits per heavy atom. The molecule has 108 valence electrons. The summed E-state index contributed by atoms with van der Waals surface area (Å²) in [5.74, 6) is 0. The quantitative estimate of drug-likeness (QED) is 0.829. The predicted octanol–water partition coefficient (Wildman–Crippen LogP) is 4.51. The summed E-state index contributed by atoms with van der Waals surface area (Å²) in [7, 11) is -3.53. The van der Waals surface area contributed by atoms with Crippen LogP contribution in [0, 0.1) is 6.92 Å². The van der Waals surface area contributed by atoms with Gasteiger partial charge in [-0.1, -0.05) is 23.7 Å². The standard InChI is InChI=1S/C13H13BrClNO2S2/c1-8(10-3-5-11(15)6-4-10)16-20(17,18)12-7-13(14)19-9(12)2/h3-8,16H,1-2H3. The van der Waals surface area contributed by atoms with Crippen molar-refractivity contribution in [3.05, 3.63) is 49.6 Å². The molecule has 1 N–H and O–H groups in total. The van der Waals surface area contributed by atoms with Gasteiger partial charge in [0.1, 0.15) is 0 Å². The summed E-state index contributed by atoms with van der Waals surface area (Å²) >= 11 is 10.5. The van der Waals surface area contributed by atoms with Gasteiger partial charge in [-0.3, -0.25) is 0 Å². The fourth-order valence-corrected chi connectivity index (χ4v) is 5.59. The minimum atomic E-state index is -3.53. The van der Waals surface area contributed by atoms with Crippen LogP contribution in [0.5, 0.6) is 0 Å². The van der Waals surface area contributed by atoms with Crippen LogP contribution in [0.15, 0.2) is 39.0 Å². The molecule has 0 saturated carbocycles. The third-order valence-corrected chi connectivity index (χ3v) is 6.44. The molecule has 0 spiro atoms.